The van der Waals surface area contributed by atoms with Gasteiger partial charge in [-0.15, -0.1) is 0 Å². The Labute approximate surface area is 114 Å². The maximum absolute atomic E-state index is 13.1. The highest BCUT2D eigenvalue weighted by Gasteiger charge is 2.07. The minimum absolute atomic E-state index is 0.238. The SMILES string of the molecule is COc1ccc(-c2cc3ccc(F)cc3c(=O)o2)cc1. The van der Waals surface area contributed by atoms with Crippen molar-refractivity contribution < 1.29 is 13.5 Å². The van der Waals surface area contributed by atoms with E-state index in [-0.39, 0.29) is 5.39 Å². The summed E-state index contributed by atoms with van der Waals surface area (Å²) in [5, 5.41) is 0.885. The lowest BCUT2D eigenvalue weighted by molar-refractivity contribution is 0.415. The van der Waals surface area contributed by atoms with Crippen LogP contribution in [0.15, 0.2) is 57.7 Å². The lowest BCUT2D eigenvalue weighted by Gasteiger charge is -2.04. The van der Waals surface area contributed by atoms with E-state index in [9.17, 15) is 9.18 Å². The Kier molecular flexibility index (Phi) is 2.99. The Morgan fingerprint density at radius 3 is 2.50 bits per heavy atom. The smallest absolute Gasteiger partial charge is 0.344 e. The molecule has 3 aromatic rings. The highest BCUT2D eigenvalue weighted by atomic mass is 19.1. The van der Waals surface area contributed by atoms with Gasteiger partial charge in [0.15, 0.2) is 0 Å². The quantitative estimate of drug-likeness (QED) is 0.714. The van der Waals surface area contributed by atoms with Crippen LogP contribution in [-0.2, 0) is 0 Å². The Hall–Kier alpha value is -2.62. The first kappa shape index (κ1) is 12.4. The molecule has 0 saturated carbocycles. The Balaban J connectivity index is 2.16. The van der Waals surface area contributed by atoms with Gasteiger partial charge in [-0.05, 0) is 47.9 Å². The van der Waals surface area contributed by atoms with Crippen molar-refractivity contribution in [2.75, 3.05) is 7.11 Å². The molecule has 0 fully saturated rings. The van der Waals surface area contributed by atoms with Crippen molar-refractivity contribution in [3.05, 3.63) is 64.8 Å². The van der Waals surface area contributed by atoms with E-state index in [1.807, 2.05) is 0 Å². The van der Waals surface area contributed by atoms with Crippen molar-refractivity contribution in [3.8, 4) is 17.1 Å². The lowest BCUT2D eigenvalue weighted by atomic mass is 10.1. The Morgan fingerprint density at radius 2 is 1.80 bits per heavy atom. The molecule has 0 atom stereocenters. The monoisotopic (exact) mass is 270 g/mol. The van der Waals surface area contributed by atoms with Gasteiger partial charge in [0, 0.05) is 5.56 Å². The molecule has 4 heteroatoms. The largest absolute Gasteiger partial charge is 0.497 e. The molecular weight excluding hydrogens is 259 g/mol. The topological polar surface area (TPSA) is 39.4 Å². The van der Waals surface area contributed by atoms with Crippen molar-refractivity contribution in [2.24, 2.45) is 0 Å². The van der Waals surface area contributed by atoms with Crippen LogP contribution in [0, 0.1) is 5.82 Å². The van der Waals surface area contributed by atoms with Gasteiger partial charge >= 0.3 is 5.63 Å². The average Bonchev–Trinajstić information content (AvgIpc) is 2.48. The summed E-state index contributed by atoms with van der Waals surface area (Å²) < 4.78 is 23.4. The lowest BCUT2D eigenvalue weighted by Crippen LogP contribution is -2.00. The van der Waals surface area contributed by atoms with Gasteiger partial charge in [-0.1, -0.05) is 6.07 Å². The average molecular weight is 270 g/mol. The molecule has 0 bridgehead atoms. The summed E-state index contributed by atoms with van der Waals surface area (Å²) in [6.45, 7) is 0. The van der Waals surface area contributed by atoms with Gasteiger partial charge in [0.1, 0.15) is 17.3 Å². The van der Waals surface area contributed by atoms with E-state index >= 15 is 0 Å². The molecule has 1 aromatic heterocycles. The zero-order valence-electron chi connectivity index (χ0n) is 10.7. The van der Waals surface area contributed by atoms with Crippen molar-refractivity contribution in [2.45, 2.75) is 0 Å². The maximum Gasteiger partial charge on any atom is 0.344 e. The summed E-state index contributed by atoms with van der Waals surface area (Å²) in [5.41, 5.74) is 0.210. The minimum atomic E-state index is -0.548. The molecule has 3 rings (SSSR count). The van der Waals surface area contributed by atoms with E-state index in [1.165, 1.54) is 12.1 Å². The van der Waals surface area contributed by atoms with Gasteiger partial charge in [-0.2, -0.15) is 0 Å². The van der Waals surface area contributed by atoms with Crippen LogP contribution in [0.25, 0.3) is 22.1 Å². The summed E-state index contributed by atoms with van der Waals surface area (Å²) in [6, 6.07) is 12.9. The standard InChI is InChI=1S/C16H11FO3/c1-19-13-6-3-10(4-7-13)15-8-11-2-5-12(17)9-14(11)16(18)20-15/h2-9H,1H3. The molecule has 0 aliphatic heterocycles. The predicted molar refractivity (Wildman–Crippen MR) is 74.4 cm³/mol. The van der Waals surface area contributed by atoms with E-state index in [1.54, 1.807) is 43.5 Å². The van der Waals surface area contributed by atoms with E-state index < -0.39 is 11.4 Å². The number of hydrogen-bond acceptors (Lipinski definition) is 3. The normalized spacial score (nSPS) is 10.7. The number of fused-ring (bicyclic) bond motifs is 1. The molecular formula is C16H11FO3. The van der Waals surface area contributed by atoms with Crippen LogP contribution in [0.1, 0.15) is 0 Å². The predicted octanol–water partition coefficient (Wildman–Crippen LogP) is 3.61. The van der Waals surface area contributed by atoms with E-state index in [0.717, 1.165) is 11.3 Å². The molecule has 2 aromatic carbocycles. The van der Waals surface area contributed by atoms with Gasteiger partial charge in [-0.25, -0.2) is 9.18 Å². The van der Waals surface area contributed by atoms with Crippen LogP contribution in [0.2, 0.25) is 0 Å². The molecule has 0 spiro atoms. The molecule has 0 unspecified atom stereocenters. The maximum atomic E-state index is 13.1. The van der Waals surface area contributed by atoms with Gasteiger partial charge in [-0.3, -0.25) is 0 Å². The number of methoxy groups -OCH3 is 1. The summed E-state index contributed by atoms with van der Waals surface area (Å²) in [5.74, 6) is 0.706. The number of halogens is 1. The minimum Gasteiger partial charge on any atom is -0.497 e. The first-order valence-electron chi connectivity index (χ1n) is 6.05. The second-order valence-electron chi connectivity index (χ2n) is 4.36. The third-order valence-electron chi connectivity index (χ3n) is 3.10. The third kappa shape index (κ3) is 2.16. The van der Waals surface area contributed by atoms with Gasteiger partial charge < -0.3 is 9.15 Å². The molecule has 0 aliphatic rings. The summed E-state index contributed by atoms with van der Waals surface area (Å²) in [4.78, 5) is 11.9. The first-order valence-corrected chi connectivity index (χ1v) is 6.05. The molecule has 3 nitrogen and oxygen atoms in total. The molecule has 0 saturated heterocycles. The number of ether oxygens (including phenoxy) is 1. The van der Waals surface area contributed by atoms with Crippen LogP contribution < -0.4 is 10.4 Å². The molecule has 1 heterocycles. The fraction of sp³-hybridized carbons (Fsp3) is 0.0625. The zero-order valence-corrected chi connectivity index (χ0v) is 10.7. The molecule has 20 heavy (non-hydrogen) atoms. The van der Waals surface area contributed by atoms with Crippen LogP contribution in [0.5, 0.6) is 5.75 Å². The van der Waals surface area contributed by atoms with Gasteiger partial charge in [0.05, 0.1) is 12.5 Å². The van der Waals surface area contributed by atoms with Crippen LogP contribution >= 0.6 is 0 Å². The van der Waals surface area contributed by atoms with Crippen LogP contribution in [0.3, 0.4) is 0 Å². The van der Waals surface area contributed by atoms with Crippen molar-refractivity contribution in [1.82, 2.24) is 0 Å². The second-order valence-corrected chi connectivity index (χ2v) is 4.36. The zero-order chi connectivity index (χ0) is 14.1. The summed E-state index contributed by atoms with van der Waals surface area (Å²) in [6.07, 6.45) is 0. The van der Waals surface area contributed by atoms with Crippen LogP contribution in [0.4, 0.5) is 4.39 Å². The Morgan fingerprint density at radius 1 is 1.05 bits per heavy atom. The molecule has 0 aliphatic carbocycles. The van der Waals surface area contributed by atoms with Crippen molar-refractivity contribution in [1.29, 1.82) is 0 Å². The molecule has 0 radical (unpaired) electrons. The fourth-order valence-electron chi connectivity index (χ4n) is 2.05. The van der Waals surface area contributed by atoms with Gasteiger partial charge in [0.25, 0.3) is 0 Å². The highest BCUT2D eigenvalue weighted by molar-refractivity contribution is 5.84. The summed E-state index contributed by atoms with van der Waals surface area (Å²) in [7, 11) is 1.58. The fourth-order valence-corrected chi connectivity index (χ4v) is 2.05. The number of benzene rings is 2. The van der Waals surface area contributed by atoms with E-state index in [4.69, 9.17) is 9.15 Å². The third-order valence-corrected chi connectivity index (χ3v) is 3.10. The van der Waals surface area contributed by atoms with Crippen LogP contribution in [-0.4, -0.2) is 7.11 Å². The Bertz CT molecular complexity index is 819. The number of hydrogen-bond donors (Lipinski definition) is 0. The molecule has 0 N–H and O–H groups in total. The summed E-state index contributed by atoms with van der Waals surface area (Å²) >= 11 is 0. The molecule has 0 amide bonds. The highest BCUT2D eigenvalue weighted by Crippen LogP contribution is 2.24. The first-order chi connectivity index (χ1) is 9.67. The van der Waals surface area contributed by atoms with Crippen molar-refractivity contribution in [3.63, 3.8) is 0 Å². The van der Waals surface area contributed by atoms with Crippen molar-refractivity contribution >= 4 is 10.8 Å². The second kappa shape index (κ2) is 4.81. The van der Waals surface area contributed by atoms with E-state index in [0.29, 0.717) is 11.1 Å². The van der Waals surface area contributed by atoms with Gasteiger partial charge in [0.2, 0.25) is 0 Å². The number of rotatable bonds is 2. The molecule has 100 valence electrons. The van der Waals surface area contributed by atoms with E-state index in [2.05, 4.69) is 0 Å².